The SMILES string of the molecule is CC[C@H](CN1CC[C@@H](CNC(=O)c2ccc(Cl)c(Cl)c2)N[C@@H](CCNCC2=CC=CC(C)C2)C1=O)c1ccccc1. The number of nitrogens with zero attached hydrogens (tertiary/aromatic N) is 1. The molecular formula is C33H42Cl2N4O2. The Bertz CT molecular complexity index is 1230. The molecule has 0 spiro atoms. The number of hydrogen-bond acceptors (Lipinski definition) is 4. The van der Waals surface area contributed by atoms with Crippen LogP contribution in [0.5, 0.6) is 0 Å². The lowest BCUT2D eigenvalue weighted by Gasteiger charge is -2.28. The third-order valence-corrected chi connectivity index (χ3v) is 8.75. The number of halogens is 2. The maximum Gasteiger partial charge on any atom is 0.251 e. The Labute approximate surface area is 254 Å². The third-order valence-electron chi connectivity index (χ3n) is 8.01. The molecule has 1 heterocycles. The molecule has 0 bridgehead atoms. The van der Waals surface area contributed by atoms with Crippen LogP contribution in [0.2, 0.25) is 10.0 Å². The standard InChI is InChI=1S/C33H42Cl2N4O2/c1-3-25(26-10-5-4-6-11-26)22-39-17-15-28(21-37-32(40)27-12-13-29(34)30(35)19-27)38-31(33(39)41)14-16-36-20-24-9-7-8-23(2)18-24/h4-13,19,23,25,28,31,36,38H,3,14-18,20-22H2,1-2H3,(H,37,40)/t23?,25-,28+,31+/m1/s1. The molecule has 3 N–H and O–H groups in total. The van der Waals surface area contributed by atoms with E-state index in [1.807, 2.05) is 11.0 Å². The van der Waals surface area contributed by atoms with Gasteiger partial charge in [0.15, 0.2) is 0 Å². The second-order valence-electron chi connectivity index (χ2n) is 11.2. The highest BCUT2D eigenvalue weighted by molar-refractivity contribution is 6.42. The van der Waals surface area contributed by atoms with Gasteiger partial charge in [-0.2, -0.15) is 0 Å². The first-order valence-electron chi connectivity index (χ1n) is 14.7. The predicted octanol–water partition coefficient (Wildman–Crippen LogP) is 5.98. The van der Waals surface area contributed by atoms with Gasteiger partial charge < -0.3 is 20.9 Å². The van der Waals surface area contributed by atoms with Crippen LogP contribution >= 0.6 is 23.2 Å². The second-order valence-corrected chi connectivity index (χ2v) is 12.0. The first-order chi connectivity index (χ1) is 19.8. The Morgan fingerprint density at radius 3 is 2.68 bits per heavy atom. The summed E-state index contributed by atoms with van der Waals surface area (Å²) in [7, 11) is 0. The van der Waals surface area contributed by atoms with Crippen molar-refractivity contribution in [2.24, 2.45) is 5.92 Å². The molecule has 4 atom stereocenters. The van der Waals surface area contributed by atoms with E-state index in [1.165, 1.54) is 11.1 Å². The van der Waals surface area contributed by atoms with Crippen molar-refractivity contribution in [2.75, 3.05) is 32.7 Å². The summed E-state index contributed by atoms with van der Waals surface area (Å²) in [4.78, 5) is 28.7. The van der Waals surface area contributed by atoms with Gasteiger partial charge in [-0.1, -0.05) is 91.2 Å². The maximum absolute atomic E-state index is 13.8. The summed E-state index contributed by atoms with van der Waals surface area (Å²) in [5, 5.41) is 10.9. The summed E-state index contributed by atoms with van der Waals surface area (Å²) in [6.07, 6.45) is 9.99. The lowest BCUT2D eigenvalue weighted by Crippen LogP contribution is -2.50. The van der Waals surface area contributed by atoms with Crippen molar-refractivity contribution in [1.82, 2.24) is 20.9 Å². The normalized spacial score (nSPS) is 21.8. The van der Waals surface area contributed by atoms with Crippen LogP contribution in [0.3, 0.4) is 0 Å². The van der Waals surface area contributed by atoms with Gasteiger partial charge in [0.2, 0.25) is 5.91 Å². The van der Waals surface area contributed by atoms with Crippen LogP contribution in [0.25, 0.3) is 0 Å². The van der Waals surface area contributed by atoms with Crippen molar-refractivity contribution in [1.29, 1.82) is 0 Å². The minimum Gasteiger partial charge on any atom is -0.350 e. The van der Waals surface area contributed by atoms with Crippen LogP contribution in [0.15, 0.2) is 72.3 Å². The Hall–Kier alpha value is -2.64. The monoisotopic (exact) mass is 596 g/mol. The Morgan fingerprint density at radius 2 is 1.95 bits per heavy atom. The number of rotatable bonds is 12. The van der Waals surface area contributed by atoms with Crippen molar-refractivity contribution < 1.29 is 9.59 Å². The summed E-state index contributed by atoms with van der Waals surface area (Å²) in [6, 6.07) is 14.9. The van der Waals surface area contributed by atoms with Gasteiger partial charge in [0.1, 0.15) is 0 Å². The average Bonchev–Trinajstić information content (AvgIpc) is 3.12. The molecule has 6 nitrogen and oxygen atoms in total. The molecule has 41 heavy (non-hydrogen) atoms. The summed E-state index contributed by atoms with van der Waals surface area (Å²) < 4.78 is 0. The van der Waals surface area contributed by atoms with E-state index >= 15 is 0 Å². The molecule has 0 aromatic heterocycles. The molecule has 1 fully saturated rings. The van der Waals surface area contributed by atoms with Crippen molar-refractivity contribution in [3.8, 4) is 0 Å². The molecule has 1 unspecified atom stereocenters. The Morgan fingerprint density at radius 1 is 1.15 bits per heavy atom. The van der Waals surface area contributed by atoms with E-state index in [9.17, 15) is 9.59 Å². The summed E-state index contributed by atoms with van der Waals surface area (Å²) in [6.45, 7) is 7.70. The number of hydrogen-bond donors (Lipinski definition) is 3. The van der Waals surface area contributed by atoms with Gasteiger partial charge in [-0.15, -0.1) is 0 Å². The van der Waals surface area contributed by atoms with Gasteiger partial charge >= 0.3 is 0 Å². The van der Waals surface area contributed by atoms with Crippen LogP contribution in [-0.4, -0.2) is 61.5 Å². The van der Waals surface area contributed by atoms with E-state index in [4.69, 9.17) is 23.2 Å². The largest absolute Gasteiger partial charge is 0.350 e. The molecule has 8 heteroatoms. The topological polar surface area (TPSA) is 73.5 Å². The van der Waals surface area contributed by atoms with Gasteiger partial charge in [0.25, 0.3) is 5.91 Å². The van der Waals surface area contributed by atoms with E-state index in [-0.39, 0.29) is 29.8 Å². The van der Waals surface area contributed by atoms with E-state index in [0.29, 0.717) is 47.6 Å². The Kier molecular flexibility index (Phi) is 11.9. The lowest BCUT2D eigenvalue weighted by molar-refractivity contribution is -0.133. The number of allylic oxidation sites excluding steroid dienone is 3. The van der Waals surface area contributed by atoms with Gasteiger partial charge in [-0.3, -0.25) is 9.59 Å². The molecule has 1 saturated heterocycles. The quantitative estimate of drug-likeness (QED) is 0.264. The van der Waals surface area contributed by atoms with Gasteiger partial charge in [0, 0.05) is 43.7 Å². The fraction of sp³-hybridized carbons (Fsp3) is 0.455. The molecule has 4 rings (SSSR count). The van der Waals surface area contributed by atoms with E-state index < -0.39 is 0 Å². The summed E-state index contributed by atoms with van der Waals surface area (Å²) >= 11 is 12.1. The van der Waals surface area contributed by atoms with Crippen LogP contribution in [0.4, 0.5) is 0 Å². The van der Waals surface area contributed by atoms with Crippen LogP contribution in [0.1, 0.15) is 61.4 Å². The highest BCUT2D eigenvalue weighted by atomic mass is 35.5. The molecule has 2 amide bonds. The van der Waals surface area contributed by atoms with E-state index in [2.05, 4.69) is 72.3 Å². The molecular weight excluding hydrogens is 555 g/mol. The lowest BCUT2D eigenvalue weighted by atomic mass is 9.95. The van der Waals surface area contributed by atoms with E-state index in [0.717, 1.165) is 32.4 Å². The minimum atomic E-state index is -0.329. The highest BCUT2D eigenvalue weighted by Gasteiger charge is 2.32. The average molecular weight is 598 g/mol. The molecule has 1 aliphatic heterocycles. The van der Waals surface area contributed by atoms with Gasteiger partial charge in [0.05, 0.1) is 16.1 Å². The van der Waals surface area contributed by atoms with Crippen molar-refractivity contribution >= 4 is 35.0 Å². The molecule has 1 aliphatic carbocycles. The predicted molar refractivity (Wildman–Crippen MR) is 169 cm³/mol. The molecule has 2 aromatic carbocycles. The van der Waals surface area contributed by atoms with Crippen LogP contribution in [0, 0.1) is 5.92 Å². The molecule has 0 radical (unpaired) electrons. The minimum absolute atomic E-state index is 0.0375. The van der Waals surface area contributed by atoms with Gasteiger partial charge in [-0.05, 0) is 61.9 Å². The third kappa shape index (κ3) is 9.17. The second kappa shape index (κ2) is 15.5. The molecule has 2 aromatic rings. The van der Waals surface area contributed by atoms with E-state index in [1.54, 1.807) is 18.2 Å². The smallest absolute Gasteiger partial charge is 0.251 e. The fourth-order valence-corrected chi connectivity index (χ4v) is 5.90. The van der Waals surface area contributed by atoms with Crippen molar-refractivity contribution in [3.63, 3.8) is 0 Å². The number of carbonyl (C=O) groups excluding carboxylic acids is 2. The highest BCUT2D eigenvalue weighted by Crippen LogP contribution is 2.24. The number of amides is 2. The molecule has 220 valence electrons. The summed E-state index contributed by atoms with van der Waals surface area (Å²) in [5.41, 5.74) is 3.10. The van der Waals surface area contributed by atoms with Crippen molar-refractivity contribution in [2.45, 2.75) is 57.5 Å². The first kappa shape index (κ1) is 31.3. The van der Waals surface area contributed by atoms with Crippen molar-refractivity contribution in [3.05, 3.63) is 93.5 Å². The summed E-state index contributed by atoms with van der Waals surface area (Å²) in [5.74, 6) is 0.757. The fourth-order valence-electron chi connectivity index (χ4n) is 5.60. The van der Waals surface area contributed by atoms with Crippen LogP contribution < -0.4 is 16.0 Å². The molecule has 0 saturated carbocycles. The number of benzene rings is 2. The van der Waals surface area contributed by atoms with Gasteiger partial charge in [-0.25, -0.2) is 0 Å². The van der Waals surface area contributed by atoms with Crippen LogP contribution in [-0.2, 0) is 4.79 Å². The first-order valence-corrected chi connectivity index (χ1v) is 15.5. The zero-order chi connectivity index (χ0) is 29.2. The number of nitrogens with one attached hydrogen (secondary N) is 3. The molecule has 2 aliphatic rings. The zero-order valence-corrected chi connectivity index (χ0v) is 25.6. The zero-order valence-electron chi connectivity index (χ0n) is 24.0. The number of carbonyl (C=O) groups is 2. The Balaban J connectivity index is 1.40. The maximum atomic E-state index is 13.8.